The van der Waals surface area contributed by atoms with Crippen LogP contribution >= 0.6 is 0 Å². The largest absolute Gasteiger partial charge is 0.654 e. The highest BCUT2D eigenvalue weighted by atomic mass is 15.0. The molecule has 3 nitrogen and oxygen atoms in total. The van der Waals surface area contributed by atoms with Crippen LogP contribution in [0.3, 0.4) is 0 Å². The minimum Gasteiger partial charge on any atom is -0.654 e. The lowest BCUT2D eigenvalue weighted by atomic mass is 9.92. The molecule has 67 heavy (non-hydrogen) atoms. The average Bonchev–Trinajstić information content (AvgIpc) is 3.40. The van der Waals surface area contributed by atoms with E-state index in [1.165, 1.54) is 60.1 Å². The number of hydrogen-bond donors (Lipinski definition) is 2. The molecule has 3 N–H and O–H groups in total. The van der Waals surface area contributed by atoms with E-state index in [4.69, 9.17) is 5.73 Å². The van der Waals surface area contributed by atoms with Gasteiger partial charge in [-0.15, -0.1) is 0 Å². The molecule has 0 saturated heterocycles. The van der Waals surface area contributed by atoms with E-state index in [1.807, 2.05) is 30.3 Å². The molecule has 0 aliphatic rings. The Morgan fingerprint density at radius 2 is 0.896 bits per heavy atom. The summed E-state index contributed by atoms with van der Waals surface area (Å²) in [4.78, 5) is 0. The molecule has 0 aliphatic carbocycles. The Morgan fingerprint density at radius 3 is 1.55 bits per heavy atom. The Hall–Kier alpha value is -8.50. The third-order valence-corrected chi connectivity index (χ3v) is 12.9. The summed E-state index contributed by atoms with van der Waals surface area (Å²) in [5.74, 6) is 0. The summed E-state index contributed by atoms with van der Waals surface area (Å²) in [6, 6.07) is 88.5. The number of hydrogen-bond acceptors (Lipinski definition) is 2. The van der Waals surface area contributed by atoms with E-state index in [-0.39, 0.29) is 0 Å². The van der Waals surface area contributed by atoms with Crippen molar-refractivity contribution in [1.29, 1.82) is 0 Å². The maximum atomic E-state index is 9.04. The highest BCUT2D eigenvalue weighted by Gasteiger charge is 2.14. The van der Waals surface area contributed by atoms with Gasteiger partial charge in [-0.1, -0.05) is 224 Å². The molecule has 11 aromatic rings. The molecule has 0 radical (unpaired) electrons. The number of rotatable bonds is 12. The van der Waals surface area contributed by atoms with Crippen molar-refractivity contribution < 1.29 is 0 Å². The molecule has 0 spiro atoms. The first kappa shape index (κ1) is 41.2. The number of allylic oxidation sites excluding steroid dienone is 1. The SMILES string of the molecule is [NH-]C(N/C(=C\Cc1cccc2ccccc12)c1ccc(-c2ccc(Nc3ccc(-c4cccc5ccccc45)cc3-c3cccc(-c4cccc5ccccc45)c3)cc2)cc1)c1ccccc1. The van der Waals surface area contributed by atoms with Gasteiger partial charge in [-0.05, 0) is 131 Å². The number of benzene rings is 11. The van der Waals surface area contributed by atoms with Gasteiger partial charge < -0.3 is 16.4 Å². The van der Waals surface area contributed by atoms with Crippen LogP contribution in [0.2, 0.25) is 0 Å². The van der Waals surface area contributed by atoms with Crippen molar-refractivity contribution in [1.82, 2.24) is 5.32 Å². The molecule has 0 amide bonds. The normalized spacial score (nSPS) is 12.0. The topological polar surface area (TPSA) is 47.9 Å². The molecule has 0 heterocycles. The number of nitrogens with one attached hydrogen (secondary N) is 3. The van der Waals surface area contributed by atoms with Gasteiger partial charge >= 0.3 is 0 Å². The predicted octanol–water partition coefficient (Wildman–Crippen LogP) is 17.5. The second-order valence-corrected chi connectivity index (χ2v) is 17.1. The van der Waals surface area contributed by atoms with E-state index in [0.29, 0.717) is 0 Å². The van der Waals surface area contributed by atoms with Crippen LogP contribution in [-0.2, 0) is 6.42 Å². The van der Waals surface area contributed by atoms with Crippen LogP contribution in [0.15, 0.2) is 255 Å². The summed E-state index contributed by atoms with van der Waals surface area (Å²) >= 11 is 0. The molecular weight excluding hydrogens is 811 g/mol. The third-order valence-electron chi connectivity index (χ3n) is 12.9. The van der Waals surface area contributed by atoms with E-state index >= 15 is 0 Å². The predicted molar refractivity (Wildman–Crippen MR) is 285 cm³/mol. The van der Waals surface area contributed by atoms with E-state index < -0.39 is 6.17 Å². The van der Waals surface area contributed by atoms with Crippen LogP contribution in [0.5, 0.6) is 0 Å². The minimum atomic E-state index is -0.609. The molecule has 1 atom stereocenters. The van der Waals surface area contributed by atoms with Crippen LogP contribution in [0, 0.1) is 0 Å². The van der Waals surface area contributed by atoms with Crippen molar-refractivity contribution in [2.75, 3.05) is 5.32 Å². The second-order valence-electron chi connectivity index (χ2n) is 17.1. The van der Waals surface area contributed by atoms with Gasteiger partial charge in [0, 0.05) is 22.6 Å². The molecule has 0 bridgehead atoms. The van der Waals surface area contributed by atoms with Gasteiger partial charge in [0.1, 0.15) is 0 Å². The highest BCUT2D eigenvalue weighted by molar-refractivity contribution is 6.00. The number of fused-ring (bicyclic) bond motifs is 3. The van der Waals surface area contributed by atoms with Crippen LogP contribution in [0.25, 0.3) is 88.3 Å². The Bertz CT molecular complexity index is 3540. The van der Waals surface area contributed by atoms with Crippen molar-refractivity contribution in [2.24, 2.45) is 0 Å². The van der Waals surface area contributed by atoms with Crippen LogP contribution in [0.4, 0.5) is 11.4 Å². The smallest absolute Gasteiger partial charge is 0.0464 e. The summed E-state index contributed by atoms with van der Waals surface area (Å²) in [6.07, 6.45) is 2.36. The van der Waals surface area contributed by atoms with Crippen LogP contribution in [0.1, 0.15) is 22.9 Å². The zero-order valence-corrected chi connectivity index (χ0v) is 37.0. The van der Waals surface area contributed by atoms with Gasteiger partial charge in [0.2, 0.25) is 0 Å². The third kappa shape index (κ3) is 8.72. The quantitative estimate of drug-likeness (QED) is 0.129. The van der Waals surface area contributed by atoms with Gasteiger partial charge in [-0.25, -0.2) is 0 Å². The van der Waals surface area contributed by atoms with Gasteiger partial charge in [-0.3, -0.25) is 0 Å². The monoisotopic (exact) mass is 858 g/mol. The Labute approximate surface area is 392 Å². The fourth-order valence-corrected chi connectivity index (χ4v) is 9.44. The van der Waals surface area contributed by atoms with Crippen molar-refractivity contribution in [3.63, 3.8) is 0 Å². The molecule has 11 aromatic carbocycles. The maximum absolute atomic E-state index is 9.04. The van der Waals surface area contributed by atoms with Gasteiger partial charge in [0.15, 0.2) is 0 Å². The number of anilines is 2. The lowest BCUT2D eigenvalue weighted by Crippen LogP contribution is -2.17. The van der Waals surface area contributed by atoms with Crippen molar-refractivity contribution >= 4 is 49.4 Å². The van der Waals surface area contributed by atoms with Gasteiger partial charge in [0.25, 0.3) is 0 Å². The van der Waals surface area contributed by atoms with E-state index in [9.17, 15) is 0 Å². The fourth-order valence-electron chi connectivity index (χ4n) is 9.44. The molecular formula is C64H48N3-. The molecule has 0 fully saturated rings. The Balaban J connectivity index is 0.898. The summed E-state index contributed by atoms with van der Waals surface area (Å²) in [5.41, 5.74) is 24.6. The molecule has 0 aliphatic heterocycles. The molecule has 0 aromatic heterocycles. The Morgan fingerprint density at radius 1 is 0.403 bits per heavy atom. The zero-order valence-electron chi connectivity index (χ0n) is 37.0. The molecule has 320 valence electrons. The van der Waals surface area contributed by atoms with Crippen molar-refractivity contribution in [3.05, 3.63) is 277 Å². The minimum absolute atomic E-state index is 0.609. The highest BCUT2D eigenvalue weighted by Crippen LogP contribution is 2.39. The fraction of sp³-hybridized carbons (Fsp3) is 0.0312. The standard InChI is InChI=1S/C64H48N3/c65-64(51-17-2-1-3-18-51)67-62(40-36-49-20-10-19-46-14-4-7-25-56(46)49)50-32-30-44(31-33-50)45-34-38-55(39-35-45)66-63-41-37-54(60-29-13-22-48-16-6-9-27-58(48)60)43-61(63)53-24-11-23-52(42-53)59-28-12-21-47-15-5-8-26-57(47)59/h1-35,37-43,64-67H,36H2/q-1/b62-40-. The van der Waals surface area contributed by atoms with Crippen LogP contribution in [-0.4, -0.2) is 0 Å². The first-order chi connectivity index (χ1) is 33.1. The molecule has 11 rings (SSSR count). The summed E-state index contributed by atoms with van der Waals surface area (Å²) in [6.45, 7) is 0. The van der Waals surface area contributed by atoms with E-state index in [0.717, 1.165) is 56.9 Å². The van der Waals surface area contributed by atoms with E-state index in [2.05, 4.69) is 235 Å². The van der Waals surface area contributed by atoms with Gasteiger partial charge in [-0.2, -0.15) is 0 Å². The van der Waals surface area contributed by atoms with Crippen molar-refractivity contribution in [2.45, 2.75) is 12.6 Å². The summed E-state index contributed by atoms with van der Waals surface area (Å²) < 4.78 is 0. The average molecular weight is 859 g/mol. The summed E-state index contributed by atoms with van der Waals surface area (Å²) in [5, 5.41) is 14.8. The Kier molecular flexibility index (Phi) is 11.4. The molecule has 0 saturated carbocycles. The van der Waals surface area contributed by atoms with Crippen LogP contribution < -0.4 is 10.6 Å². The van der Waals surface area contributed by atoms with Gasteiger partial charge in [0.05, 0.1) is 0 Å². The summed E-state index contributed by atoms with van der Waals surface area (Å²) in [7, 11) is 0. The zero-order chi connectivity index (χ0) is 44.9. The maximum Gasteiger partial charge on any atom is 0.0464 e. The molecule has 3 heteroatoms. The second kappa shape index (κ2) is 18.5. The van der Waals surface area contributed by atoms with E-state index in [1.54, 1.807) is 0 Å². The lowest BCUT2D eigenvalue weighted by molar-refractivity contribution is 0.773. The first-order valence-electron chi connectivity index (χ1n) is 23.0. The lowest BCUT2D eigenvalue weighted by Gasteiger charge is -2.26. The van der Waals surface area contributed by atoms with Crippen molar-refractivity contribution in [3.8, 4) is 44.5 Å². The first-order valence-corrected chi connectivity index (χ1v) is 23.0. The molecule has 1 unspecified atom stereocenters.